The Hall–Kier alpha value is -3.36. The average Bonchev–Trinajstić information content (AvgIpc) is 2.85. The molecule has 3 rings (SSSR count). The molecule has 0 spiro atoms. The molecule has 0 saturated carbocycles. The lowest BCUT2D eigenvalue weighted by Gasteiger charge is -2.33. The van der Waals surface area contributed by atoms with E-state index in [9.17, 15) is 18.0 Å². The fourth-order valence-corrected chi connectivity index (χ4v) is 5.35. The topological polar surface area (TPSA) is 86.8 Å². The third-order valence-corrected chi connectivity index (χ3v) is 7.90. The number of anilines is 1. The van der Waals surface area contributed by atoms with E-state index in [2.05, 4.69) is 5.32 Å². The van der Waals surface area contributed by atoms with Crippen molar-refractivity contribution in [2.24, 2.45) is 0 Å². The SMILES string of the molecule is Cc1ccc(S(=O)(=O)N(CC(=O)N(Cc2ccccc2)C(C)C(=O)NC(C)(C)C)c2ccc(Cl)cc2)cc1. The molecule has 0 fully saturated rings. The molecule has 0 aliphatic heterocycles. The summed E-state index contributed by atoms with van der Waals surface area (Å²) in [4.78, 5) is 28.4. The highest BCUT2D eigenvalue weighted by atomic mass is 35.5. The summed E-state index contributed by atoms with van der Waals surface area (Å²) in [6, 6.07) is 21.1. The highest BCUT2D eigenvalue weighted by Crippen LogP contribution is 2.26. The highest BCUT2D eigenvalue weighted by molar-refractivity contribution is 7.92. The Morgan fingerprint density at radius 1 is 0.921 bits per heavy atom. The van der Waals surface area contributed by atoms with E-state index in [4.69, 9.17) is 11.6 Å². The predicted molar refractivity (Wildman–Crippen MR) is 152 cm³/mol. The summed E-state index contributed by atoms with van der Waals surface area (Å²) >= 11 is 6.05. The van der Waals surface area contributed by atoms with Gasteiger partial charge < -0.3 is 10.2 Å². The third kappa shape index (κ3) is 7.58. The van der Waals surface area contributed by atoms with Gasteiger partial charge in [0.2, 0.25) is 11.8 Å². The van der Waals surface area contributed by atoms with Crippen LogP contribution in [0.2, 0.25) is 5.02 Å². The number of hydrogen-bond acceptors (Lipinski definition) is 4. The molecular formula is C29H34ClN3O4S. The first-order chi connectivity index (χ1) is 17.8. The summed E-state index contributed by atoms with van der Waals surface area (Å²) in [7, 11) is -4.12. The van der Waals surface area contributed by atoms with Crippen molar-refractivity contribution < 1.29 is 18.0 Å². The summed E-state index contributed by atoms with van der Waals surface area (Å²) < 4.78 is 28.6. The molecule has 9 heteroatoms. The lowest BCUT2D eigenvalue weighted by atomic mass is 10.1. The van der Waals surface area contributed by atoms with Crippen LogP contribution >= 0.6 is 11.6 Å². The largest absolute Gasteiger partial charge is 0.350 e. The Balaban J connectivity index is 2.02. The summed E-state index contributed by atoms with van der Waals surface area (Å²) in [6.45, 7) is 8.72. The number of carbonyl (C=O) groups excluding carboxylic acids is 2. The second kappa shape index (κ2) is 12.0. The Bertz CT molecular complexity index is 1350. The van der Waals surface area contributed by atoms with Gasteiger partial charge in [0.05, 0.1) is 10.6 Å². The van der Waals surface area contributed by atoms with Crippen molar-refractivity contribution in [3.8, 4) is 0 Å². The lowest BCUT2D eigenvalue weighted by molar-refractivity contribution is -0.140. The van der Waals surface area contributed by atoms with E-state index in [0.717, 1.165) is 15.4 Å². The first-order valence-corrected chi connectivity index (χ1v) is 14.1. The number of sulfonamides is 1. The van der Waals surface area contributed by atoms with Gasteiger partial charge in [-0.2, -0.15) is 0 Å². The van der Waals surface area contributed by atoms with Gasteiger partial charge in [-0.1, -0.05) is 59.6 Å². The van der Waals surface area contributed by atoms with Crippen LogP contribution in [0.5, 0.6) is 0 Å². The fourth-order valence-electron chi connectivity index (χ4n) is 3.81. The fraction of sp³-hybridized carbons (Fsp3) is 0.310. The zero-order chi connectivity index (χ0) is 28.1. The Labute approximate surface area is 230 Å². The Morgan fingerprint density at radius 2 is 1.50 bits per heavy atom. The molecule has 1 unspecified atom stereocenters. The van der Waals surface area contributed by atoms with Crippen molar-refractivity contribution in [1.82, 2.24) is 10.2 Å². The van der Waals surface area contributed by atoms with E-state index < -0.39 is 34.1 Å². The van der Waals surface area contributed by atoms with Crippen LogP contribution in [0.25, 0.3) is 0 Å². The summed E-state index contributed by atoms with van der Waals surface area (Å²) in [6.07, 6.45) is 0. The summed E-state index contributed by atoms with van der Waals surface area (Å²) in [5, 5.41) is 3.35. The number of hydrogen-bond donors (Lipinski definition) is 1. The molecule has 1 N–H and O–H groups in total. The van der Waals surface area contributed by atoms with Crippen molar-refractivity contribution in [2.45, 2.75) is 57.6 Å². The molecule has 3 aromatic rings. The zero-order valence-electron chi connectivity index (χ0n) is 22.3. The molecule has 3 aromatic carbocycles. The van der Waals surface area contributed by atoms with Crippen molar-refractivity contribution >= 4 is 39.1 Å². The number of nitrogens with one attached hydrogen (secondary N) is 1. The maximum Gasteiger partial charge on any atom is 0.264 e. The van der Waals surface area contributed by atoms with Crippen LogP contribution in [0.4, 0.5) is 5.69 Å². The first-order valence-electron chi connectivity index (χ1n) is 12.3. The smallest absolute Gasteiger partial charge is 0.264 e. The molecule has 38 heavy (non-hydrogen) atoms. The number of carbonyl (C=O) groups is 2. The Morgan fingerprint density at radius 3 is 2.05 bits per heavy atom. The van der Waals surface area contributed by atoms with E-state index in [1.165, 1.54) is 17.0 Å². The third-order valence-electron chi connectivity index (χ3n) is 5.86. The van der Waals surface area contributed by atoms with E-state index in [1.54, 1.807) is 43.3 Å². The van der Waals surface area contributed by atoms with Gasteiger partial charge in [-0.15, -0.1) is 0 Å². The number of aryl methyl sites for hydroxylation is 1. The molecule has 0 heterocycles. The number of nitrogens with zero attached hydrogens (tertiary/aromatic N) is 2. The molecule has 0 aliphatic rings. The van der Waals surface area contributed by atoms with Crippen LogP contribution in [0.3, 0.4) is 0 Å². The Kier molecular flexibility index (Phi) is 9.22. The standard InChI is InChI=1S/C29H34ClN3O4S/c1-21-11-17-26(18-12-21)38(36,37)33(25-15-13-24(30)14-16-25)20-27(34)32(19-23-9-7-6-8-10-23)22(2)28(35)31-29(3,4)5/h6-18,22H,19-20H2,1-5H3,(H,31,35). The molecule has 1 atom stereocenters. The molecule has 0 radical (unpaired) electrons. The quantitative estimate of drug-likeness (QED) is 0.394. The molecule has 2 amide bonds. The second-order valence-electron chi connectivity index (χ2n) is 10.2. The maximum absolute atomic E-state index is 13.9. The minimum absolute atomic E-state index is 0.0546. The molecule has 0 saturated heterocycles. The zero-order valence-corrected chi connectivity index (χ0v) is 23.9. The van der Waals surface area contributed by atoms with Gasteiger partial charge >= 0.3 is 0 Å². The second-order valence-corrected chi connectivity index (χ2v) is 12.5. The maximum atomic E-state index is 13.9. The van der Waals surface area contributed by atoms with Gasteiger partial charge in [0.1, 0.15) is 12.6 Å². The minimum Gasteiger partial charge on any atom is -0.350 e. The normalized spacial score (nSPS) is 12.5. The number of benzene rings is 3. The molecule has 202 valence electrons. The monoisotopic (exact) mass is 555 g/mol. The summed E-state index contributed by atoms with van der Waals surface area (Å²) in [5.74, 6) is -0.850. The molecular weight excluding hydrogens is 522 g/mol. The number of amides is 2. The van der Waals surface area contributed by atoms with Crippen molar-refractivity contribution in [1.29, 1.82) is 0 Å². The van der Waals surface area contributed by atoms with Gasteiger partial charge in [0.15, 0.2) is 0 Å². The van der Waals surface area contributed by atoms with Crippen molar-refractivity contribution in [3.63, 3.8) is 0 Å². The van der Waals surface area contributed by atoms with Crippen LogP contribution in [0.1, 0.15) is 38.8 Å². The minimum atomic E-state index is -4.12. The van der Waals surface area contributed by atoms with Gasteiger partial charge in [-0.05, 0) is 76.6 Å². The lowest BCUT2D eigenvalue weighted by Crippen LogP contribution is -2.54. The van der Waals surface area contributed by atoms with Crippen LogP contribution in [0, 0.1) is 6.92 Å². The molecule has 0 aliphatic carbocycles. The van der Waals surface area contributed by atoms with Crippen LogP contribution in [0.15, 0.2) is 83.8 Å². The van der Waals surface area contributed by atoms with Gasteiger partial charge in [-0.3, -0.25) is 13.9 Å². The number of rotatable bonds is 9. The molecule has 0 aromatic heterocycles. The van der Waals surface area contributed by atoms with Crippen LogP contribution < -0.4 is 9.62 Å². The van der Waals surface area contributed by atoms with E-state index >= 15 is 0 Å². The van der Waals surface area contributed by atoms with E-state index in [-0.39, 0.29) is 23.0 Å². The van der Waals surface area contributed by atoms with E-state index in [0.29, 0.717) is 5.02 Å². The van der Waals surface area contributed by atoms with Crippen LogP contribution in [-0.4, -0.2) is 43.3 Å². The summed E-state index contributed by atoms with van der Waals surface area (Å²) in [5.41, 5.74) is 1.51. The molecule has 7 nitrogen and oxygen atoms in total. The average molecular weight is 556 g/mol. The van der Waals surface area contributed by atoms with Crippen molar-refractivity contribution in [2.75, 3.05) is 10.8 Å². The van der Waals surface area contributed by atoms with Crippen molar-refractivity contribution in [3.05, 3.63) is 95.0 Å². The van der Waals surface area contributed by atoms with Gasteiger partial charge in [-0.25, -0.2) is 8.42 Å². The van der Waals surface area contributed by atoms with Gasteiger partial charge in [0.25, 0.3) is 10.0 Å². The van der Waals surface area contributed by atoms with E-state index in [1.807, 2.05) is 58.0 Å². The highest BCUT2D eigenvalue weighted by Gasteiger charge is 2.33. The van der Waals surface area contributed by atoms with Gasteiger partial charge in [0, 0.05) is 17.1 Å². The van der Waals surface area contributed by atoms with Crippen LogP contribution in [-0.2, 0) is 26.2 Å². The number of halogens is 1. The first kappa shape index (κ1) is 29.2. The molecule has 0 bridgehead atoms. The predicted octanol–water partition coefficient (Wildman–Crippen LogP) is 5.18.